The molecule has 0 atom stereocenters. The summed E-state index contributed by atoms with van der Waals surface area (Å²) in [6, 6.07) is 3.81. The van der Waals surface area contributed by atoms with Crippen LogP contribution >= 0.6 is 11.3 Å². The molecule has 8 heteroatoms. The van der Waals surface area contributed by atoms with Gasteiger partial charge in [0.1, 0.15) is 10.7 Å². The molecule has 0 aliphatic heterocycles. The Bertz CT molecular complexity index is 769. The Morgan fingerprint density at radius 1 is 1.43 bits per heavy atom. The van der Waals surface area contributed by atoms with Gasteiger partial charge in [0.05, 0.1) is 5.69 Å². The van der Waals surface area contributed by atoms with E-state index in [-0.39, 0.29) is 11.7 Å². The zero-order valence-electron chi connectivity index (χ0n) is 11.0. The minimum Gasteiger partial charge on any atom is -0.326 e. The summed E-state index contributed by atoms with van der Waals surface area (Å²) >= 11 is 1.21. The zero-order valence-corrected chi connectivity index (χ0v) is 12.7. The molecule has 5 nitrogen and oxygen atoms in total. The lowest BCUT2D eigenvalue weighted by atomic mass is 10.2. The highest BCUT2D eigenvalue weighted by Gasteiger charge is 2.27. The van der Waals surface area contributed by atoms with Crippen molar-refractivity contribution in [3.05, 3.63) is 40.7 Å². The van der Waals surface area contributed by atoms with Crippen molar-refractivity contribution < 1.29 is 12.8 Å². The fraction of sp³-hybridized carbons (Fsp3) is 0.308. The molecular weight excluding hydrogens is 313 g/mol. The maximum absolute atomic E-state index is 13.8. The van der Waals surface area contributed by atoms with Crippen LogP contribution < -0.4 is 10.5 Å². The summed E-state index contributed by atoms with van der Waals surface area (Å²) in [5.74, 6) is -0.365. The van der Waals surface area contributed by atoms with Gasteiger partial charge >= 0.3 is 0 Å². The van der Waals surface area contributed by atoms with Crippen molar-refractivity contribution in [3.63, 3.8) is 0 Å². The molecule has 0 unspecified atom stereocenters. The summed E-state index contributed by atoms with van der Waals surface area (Å²) in [6.07, 6.45) is 2.17. The lowest BCUT2D eigenvalue weighted by Crippen LogP contribution is -2.15. The van der Waals surface area contributed by atoms with Gasteiger partial charge in [0.15, 0.2) is 5.13 Å². The fourth-order valence-electron chi connectivity index (χ4n) is 1.95. The van der Waals surface area contributed by atoms with E-state index in [1.807, 2.05) is 5.38 Å². The van der Waals surface area contributed by atoms with E-state index in [2.05, 4.69) is 9.71 Å². The molecule has 0 saturated heterocycles. The van der Waals surface area contributed by atoms with Gasteiger partial charge in [-0.25, -0.2) is 17.8 Å². The normalized spacial score (nSPS) is 15.1. The van der Waals surface area contributed by atoms with Crippen LogP contribution in [0.15, 0.2) is 28.5 Å². The lowest BCUT2D eigenvalue weighted by molar-refractivity contribution is 0.569. The quantitative estimate of drug-likeness (QED) is 0.883. The summed E-state index contributed by atoms with van der Waals surface area (Å²) < 4.78 is 40.6. The molecule has 1 aromatic carbocycles. The SMILES string of the molecule is NCc1ccc(F)c(S(=O)(=O)Nc2nc(C3CC3)cs2)c1. The highest BCUT2D eigenvalue weighted by Crippen LogP contribution is 2.41. The molecule has 3 rings (SSSR count). The second kappa shape index (κ2) is 5.36. The van der Waals surface area contributed by atoms with E-state index in [9.17, 15) is 12.8 Å². The molecule has 112 valence electrons. The third-order valence-electron chi connectivity index (χ3n) is 3.26. The number of nitrogens with one attached hydrogen (secondary N) is 1. The Morgan fingerprint density at radius 3 is 2.86 bits per heavy atom. The Labute approximate surface area is 126 Å². The summed E-state index contributed by atoms with van der Waals surface area (Å²) in [5, 5.41) is 2.09. The molecule has 1 aromatic heterocycles. The number of rotatable bonds is 5. The number of hydrogen-bond donors (Lipinski definition) is 2. The molecule has 1 heterocycles. The number of thiazole rings is 1. The van der Waals surface area contributed by atoms with Crippen molar-refractivity contribution in [1.29, 1.82) is 0 Å². The van der Waals surface area contributed by atoms with Crippen LogP contribution in [0.2, 0.25) is 0 Å². The predicted octanol–water partition coefficient (Wildman–Crippen LogP) is 2.42. The Kier molecular flexibility index (Phi) is 3.68. The number of nitrogens with zero attached hydrogens (tertiary/aromatic N) is 1. The highest BCUT2D eigenvalue weighted by molar-refractivity contribution is 7.93. The van der Waals surface area contributed by atoms with Gasteiger partial charge in [-0.1, -0.05) is 6.07 Å². The van der Waals surface area contributed by atoms with Crippen LogP contribution in [0.5, 0.6) is 0 Å². The standard InChI is InChI=1S/C13H14FN3O2S2/c14-10-4-1-8(6-15)5-12(10)21(18,19)17-13-16-11(7-20-13)9-2-3-9/h1,4-5,7,9H,2-3,6,15H2,(H,16,17). The summed E-state index contributed by atoms with van der Waals surface area (Å²) in [5.41, 5.74) is 6.91. The molecule has 1 saturated carbocycles. The van der Waals surface area contributed by atoms with Crippen molar-refractivity contribution in [2.24, 2.45) is 5.73 Å². The topological polar surface area (TPSA) is 85.1 Å². The molecule has 1 aliphatic rings. The van der Waals surface area contributed by atoms with Crippen LogP contribution in [0.3, 0.4) is 0 Å². The number of hydrogen-bond acceptors (Lipinski definition) is 5. The highest BCUT2D eigenvalue weighted by atomic mass is 32.2. The minimum atomic E-state index is -4.00. The van der Waals surface area contributed by atoms with Crippen LogP contribution in [0.4, 0.5) is 9.52 Å². The molecule has 3 N–H and O–H groups in total. The maximum atomic E-state index is 13.8. The smallest absolute Gasteiger partial charge is 0.266 e. The first-order valence-corrected chi connectivity index (χ1v) is 8.82. The van der Waals surface area contributed by atoms with Crippen LogP contribution in [0.25, 0.3) is 0 Å². The summed E-state index contributed by atoms with van der Waals surface area (Å²) in [7, 11) is -4.00. The van der Waals surface area contributed by atoms with Gasteiger partial charge in [0.2, 0.25) is 0 Å². The third-order valence-corrected chi connectivity index (χ3v) is 5.52. The minimum absolute atomic E-state index is 0.145. The van der Waals surface area contributed by atoms with Crippen molar-refractivity contribution >= 4 is 26.5 Å². The van der Waals surface area contributed by atoms with E-state index in [0.717, 1.165) is 24.6 Å². The number of anilines is 1. The van der Waals surface area contributed by atoms with E-state index in [0.29, 0.717) is 11.5 Å². The van der Waals surface area contributed by atoms with Crippen molar-refractivity contribution in [1.82, 2.24) is 4.98 Å². The monoisotopic (exact) mass is 327 g/mol. The molecule has 0 spiro atoms. The van der Waals surface area contributed by atoms with E-state index in [4.69, 9.17) is 5.73 Å². The Hall–Kier alpha value is -1.51. The fourth-order valence-corrected chi connectivity index (χ4v) is 4.12. The van der Waals surface area contributed by atoms with Gasteiger partial charge < -0.3 is 5.73 Å². The average molecular weight is 327 g/mol. The van der Waals surface area contributed by atoms with Crippen molar-refractivity contribution in [2.75, 3.05) is 4.72 Å². The molecule has 21 heavy (non-hydrogen) atoms. The van der Waals surface area contributed by atoms with E-state index in [1.165, 1.54) is 23.5 Å². The summed E-state index contributed by atoms with van der Waals surface area (Å²) in [4.78, 5) is 3.83. The number of sulfonamides is 1. The summed E-state index contributed by atoms with van der Waals surface area (Å²) in [6.45, 7) is 0.145. The molecule has 1 fully saturated rings. The van der Waals surface area contributed by atoms with Gasteiger partial charge in [-0.3, -0.25) is 4.72 Å². The van der Waals surface area contributed by atoms with Gasteiger partial charge in [0.25, 0.3) is 10.0 Å². The maximum Gasteiger partial charge on any atom is 0.266 e. The molecule has 0 radical (unpaired) electrons. The second-order valence-electron chi connectivity index (χ2n) is 4.93. The van der Waals surface area contributed by atoms with Gasteiger partial charge in [-0.05, 0) is 30.5 Å². The molecule has 0 bridgehead atoms. The van der Waals surface area contributed by atoms with Crippen molar-refractivity contribution in [3.8, 4) is 0 Å². The number of halogens is 1. The molecule has 0 amide bonds. The number of aromatic nitrogens is 1. The van der Waals surface area contributed by atoms with E-state index < -0.39 is 20.7 Å². The lowest BCUT2D eigenvalue weighted by Gasteiger charge is -2.07. The van der Waals surface area contributed by atoms with E-state index in [1.54, 1.807) is 0 Å². The van der Waals surface area contributed by atoms with Crippen LogP contribution in [0, 0.1) is 5.82 Å². The van der Waals surface area contributed by atoms with Crippen LogP contribution in [0.1, 0.15) is 30.0 Å². The van der Waals surface area contributed by atoms with Crippen molar-refractivity contribution in [2.45, 2.75) is 30.2 Å². The van der Waals surface area contributed by atoms with E-state index >= 15 is 0 Å². The molecule has 2 aromatic rings. The average Bonchev–Trinajstić information content (AvgIpc) is 3.20. The first-order valence-electron chi connectivity index (χ1n) is 6.46. The first-order chi connectivity index (χ1) is 9.99. The predicted molar refractivity (Wildman–Crippen MR) is 79.2 cm³/mol. The van der Waals surface area contributed by atoms with Gasteiger partial charge in [-0.15, -0.1) is 11.3 Å². The third kappa shape index (κ3) is 3.07. The largest absolute Gasteiger partial charge is 0.326 e. The Morgan fingerprint density at radius 2 is 2.19 bits per heavy atom. The van der Waals surface area contributed by atoms with Gasteiger partial charge in [0, 0.05) is 17.8 Å². The molecule has 1 aliphatic carbocycles. The Balaban J connectivity index is 1.88. The first kappa shape index (κ1) is 14.4. The molecular formula is C13H14FN3O2S2. The number of benzene rings is 1. The second-order valence-corrected chi connectivity index (χ2v) is 7.44. The zero-order chi connectivity index (χ0) is 15.0. The number of nitrogens with two attached hydrogens (primary N) is 1. The van der Waals surface area contributed by atoms with Gasteiger partial charge in [-0.2, -0.15) is 0 Å². The van der Waals surface area contributed by atoms with Crippen LogP contribution in [-0.2, 0) is 16.6 Å². The van der Waals surface area contributed by atoms with Crippen LogP contribution in [-0.4, -0.2) is 13.4 Å².